The van der Waals surface area contributed by atoms with Gasteiger partial charge in [-0.2, -0.15) is 0 Å². The fraction of sp³-hybridized carbons (Fsp3) is 0.462. The fourth-order valence-corrected chi connectivity index (χ4v) is 4.65. The predicted molar refractivity (Wildman–Crippen MR) is 125 cm³/mol. The highest BCUT2D eigenvalue weighted by Crippen LogP contribution is 2.46. The van der Waals surface area contributed by atoms with E-state index in [9.17, 15) is 14.7 Å². The van der Waals surface area contributed by atoms with E-state index in [1.54, 1.807) is 20.8 Å². The molecular weight excluding hydrogens is 420 g/mol. The summed E-state index contributed by atoms with van der Waals surface area (Å²) in [5.74, 6) is 0.0931. The van der Waals surface area contributed by atoms with Crippen LogP contribution in [0.25, 0.3) is 11.1 Å². The molecule has 33 heavy (non-hydrogen) atoms. The Balaban J connectivity index is 1.24. The number of carbonyl (C=O) groups excluding carboxylic acids is 2. The summed E-state index contributed by atoms with van der Waals surface area (Å²) in [5.41, 5.74) is 3.44. The molecule has 0 aliphatic heterocycles. The van der Waals surface area contributed by atoms with Crippen LogP contribution in [-0.2, 0) is 9.47 Å². The van der Waals surface area contributed by atoms with Crippen LogP contribution in [0.3, 0.4) is 0 Å². The van der Waals surface area contributed by atoms with E-state index in [-0.39, 0.29) is 25.0 Å². The molecule has 0 unspecified atom stereocenters. The van der Waals surface area contributed by atoms with E-state index in [2.05, 4.69) is 34.9 Å². The molecular formula is C26H32N2O5. The van der Waals surface area contributed by atoms with Crippen molar-refractivity contribution in [3.05, 3.63) is 59.7 Å². The zero-order chi connectivity index (χ0) is 23.6. The van der Waals surface area contributed by atoms with E-state index in [0.717, 1.165) is 0 Å². The lowest BCUT2D eigenvalue weighted by Crippen LogP contribution is -2.44. The SMILES string of the molecule is CC(C)(C)OC(=O)N[C@@]1(CO)C[C@@H]1CCNC(=O)OCC1c2ccccc2-c2ccccc21. The Morgan fingerprint density at radius 2 is 1.64 bits per heavy atom. The van der Waals surface area contributed by atoms with E-state index in [1.807, 2.05) is 24.3 Å². The topological polar surface area (TPSA) is 96.9 Å². The van der Waals surface area contributed by atoms with E-state index < -0.39 is 23.3 Å². The normalized spacial score (nSPS) is 21.0. The average Bonchev–Trinajstić information content (AvgIpc) is 3.34. The Hall–Kier alpha value is -3.06. The largest absolute Gasteiger partial charge is 0.449 e. The van der Waals surface area contributed by atoms with Gasteiger partial charge in [-0.25, -0.2) is 9.59 Å². The smallest absolute Gasteiger partial charge is 0.408 e. The van der Waals surface area contributed by atoms with Gasteiger partial charge in [-0.1, -0.05) is 48.5 Å². The number of ether oxygens (including phenoxy) is 2. The van der Waals surface area contributed by atoms with Crippen molar-refractivity contribution in [2.45, 2.75) is 50.7 Å². The molecule has 0 radical (unpaired) electrons. The summed E-state index contributed by atoms with van der Waals surface area (Å²) in [6, 6.07) is 16.4. The second kappa shape index (κ2) is 9.06. The number of alkyl carbamates (subject to hydrolysis) is 2. The molecule has 2 amide bonds. The number of carbonyl (C=O) groups is 2. The highest BCUT2D eigenvalue weighted by atomic mass is 16.6. The predicted octanol–water partition coefficient (Wildman–Crippen LogP) is 4.19. The summed E-state index contributed by atoms with van der Waals surface area (Å²) in [6.45, 7) is 5.88. The molecule has 1 fully saturated rings. The Kier molecular flexibility index (Phi) is 6.34. The first-order chi connectivity index (χ1) is 15.7. The van der Waals surface area contributed by atoms with Gasteiger partial charge in [0.05, 0.1) is 12.1 Å². The Morgan fingerprint density at radius 3 is 2.21 bits per heavy atom. The molecule has 2 aliphatic carbocycles. The number of benzene rings is 2. The van der Waals surface area contributed by atoms with Crippen molar-refractivity contribution in [3.8, 4) is 11.1 Å². The molecule has 3 N–H and O–H groups in total. The minimum atomic E-state index is -0.675. The molecule has 0 aromatic heterocycles. The van der Waals surface area contributed by atoms with E-state index in [4.69, 9.17) is 9.47 Å². The number of aliphatic hydroxyl groups is 1. The van der Waals surface area contributed by atoms with Gasteiger partial charge in [0.1, 0.15) is 12.2 Å². The number of hydrogen-bond donors (Lipinski definition) is 3. The van der Waals surface area contributed by atoms with E-state index >= 15 is 0 Å². The molecule has 1 saturated carbocycles. The van der Waals surface area contributed by atoms with Crippen molar-refractivity contribution in [1.82, 2.24) is 10.6 Å². The maximum absolute atomic E-state index is 12.3. The lowest BCUT2D eigenvalue weighted by atomic mass is 9.98. The summed E-state index contributed by atoms with van der Waals surface area (Å²) in [6.07, 6.45) is 0.270. The lowest BCUT2D eigenvalue weighted by Gasteiger charge is -2.23. The number of hydrogen-bond acceptors (Lipinski definition) is 5. The molecule has 176 valence electrons. The molecule has 0 heterocycles. The molecule has 4 rings (SSSR count). The van der Waals surface area contributed by atoms with Gasteiger partial charge in [0.2, 0.25) is 0 Å². The summed E-state index contributed by atoms with van der Waals surface area (Å²) in [5, 5.41) is 15.3. The van der Waals surface area contributed by atoms with Crippen LogP contribution in [0.15, 0.2) is 48.5 Å². The van der Waals surface area contributed by atoms with Crippen molar-refractivity contribution in [3.63, 3.8) is 0 Å². The molecule has 0 saturated heterocycles. The number of rotatable bonds is 7. The molecule has 7 heteroatoms. The van der Waals surface area contributed by atoms with Crippen LogP contribution < -0.4 is 10.6 Å². The highest BCUT2D eigenvalue weighted by molar-refractivity contribution is 5.79. The summed E-state index contributed by atoms with van der Waals surface area (Å²) < 4.78 is 10.8. The molecule has 2 aromatic carbocycles. The zero-order valence-corrected chi connectivity index (χ0v) is 19.4. The Morgan fingerprint density at radius 1 is 1.03 bits per heavy atom. The molecule has 2 atom stereocenters. The Labute approximate surface area is 194 Å². The van der Waals surface area contributed by atoms with Crippen LogP contribution >= 0.6 is 0 Å². The standard InChI is InChI=1S/C26H32N2O5/c1-25(2,3)33-24(31)28-26(16-29)14-17(26)12-13-27-23(30)32-15-22-20-10-6-4-8-18(20)19-9-5-7-11-21(19)22/h4-11,17,22,29H,12-16H2,1-3H3,(H,27,30)(H,28,31)/t17-,26+/m0/s1. The van der Waals surface area contributed by atoms with Gasteiger partial charge in [0, 0.05) is 12.5 Å². The monoisotopic (exact) mass is 452 g/mol. The third-order valence-electron chi connectivity index (χ3n) is 6.37. The zero-order valence-electron chi connectivity index (χ0n) is 19.4. The van der Waals surface area contributed by atoms with Gasteiger partial charge in [-0.3, -0.25) is 0 Å². The summed E-state index contributed by atoms with van der Waals surface area (Å²) >= 11 is 0. The van der Waals surface area contributed by atoms with Crippen LogP contribution in [0.4, 0.5) is 9.59 Å². The number of fused-ring (bicyclic) bond motifs is 3. The summed E-state index contributed by atoms with van der Waals surface area (Å²) in [4.78, 5) is 24.4. The van der Waals surface area contributed by atoms with Crippen molar-refractivity contribution >= 4 is 12.2 Å². The number of amides is 2. The maximum atomic E-state index is 12.3. The van der Waals surface area contributed by atoms with Crippen molar-refractivity contribution in [2.75, 3.05) is 19.8 Å². The second-order valence-electron chi connectivity index (χ2n) is 9.88. The van der Waals surface area contributed by atoms with Gasteiger partial charge in [-0.15, -0.1) is 0 Å². The number of nitrogens with one attached hydrogen (secondary N) is 2. The molecule has 2 aliphatic rings. The van der Waals surface area contributed by atoms with Crippen LogP contribution in [0.2, 0.25) is 0 Å². The van der Waals surface area contributed by atoms with Crippen molar-refractivity contribution in [1.29, 1.82) is 0 Å². The minimum absolute atomic E-state index is 0.0200. The van der Waals surface area contributed by atoms with Crippen LogP contribution in [0, 0.1) is 5.92 Å². The minimum Gasteiger partial charge on any atom is -0.449 e. The van der Waals surface area contributed by atoms with Gasteiger partial charge < -0.3 is 25.2 Å². The first-order valence-electron chi connectivity index (χ1n) is 11.4. The molecule has 7 nitrogen and oxygen atoms in total. The van der Waals surface area contributed by atoms with Crippen LogP contribution in [-0.4, -0.2) is 48.2 Å². The third-order valence-corrected chi connectivity index (χ3v) is 6.37. The van der Waals surface area contributed by atoms with Gasteiger partial charge in [0.15, 0.2) is 0 Å². The van der Waals surface area contributed by atoms with Crippen LogP contribution in [0.5, 0.6) is 0 Å². The highest BCUT2D eigenvalue weighted by Gasteiger charge is 2.54. The number of aliphatic hydroxyl groups excluding tert-OH is 1. The van der Waals surface area contributed by atoms with Crippen molar-refractivity contribution in [2.24, 2.45) is 5.92 Å². The quantitative estimate of drug-likeness (QED) is 0.585. The van der Waals surface area contributed by atoms with Gasteiger partial charge in [-0.05, 0) is 61.8 Å². The van der Waals surface area contributed by atoms with E-state index in [0.29, 0.717) is 19.4 Å². The van der Waals surface area contributed by atoms with Crippen LogP contribution in [0.1, 0.15) is 50.7 Å². The average molecular weight is 453 g/mol. The third kappa shape index (κ3) is 5.14. The first kappa shape index (κ1) is 23.1. The lowest BCUT2D eigenvalue weighted by molar-refractivity contribution is 0.0461. The Bertz CT molecular complexity index is 986. The fourth-order valence-electron chi connectivity index (χ4n) is 4.65. The second-order valence-corrected chi connectivity index (χ2v) is 9.88. The van der Waals surface area contributed by atoms with Crippen molar-refractivity contribution < 1.29 is 24.2 Å². The molecule has 0 spiro atoms. The molecule has 2 aromatic rings. The van der Waals surface area contributed by atoms with Gasteiger partial charge >= 0.3 is 12.2 Å². The van der Waals surface area contributed by atoms with E-state index in [1.165, 1.54) is 22.3 Å². The molecule has 0 bridgehead atoms. The maximum Gasteiger partial charge on any atom is 0.408 e. The summed E-state index contributed by atoms with van der Waals surface area (Å²) in [7, 11) is 0. The van der Waals surface area contributed by atoms with Gasteiger partial charge in [0.25, 0.3) is 0 Å². The first-order valence-corrected chi connectivity index (χ1v) is 11.4.